The van der Waals surface area contributed by atoms with Gasteiger partial charge in [0.05, 0.1) is 5.69 Å². The third kappa shape index (κ3) is 5.34. The van der Waals surface area contributed by atoms with Crippen molar-refractivity contribution in [2.45, 2.75) is 26.2 Å². The molecule has 156 valence electrons. The maximum atomic E-state index is 14.0. The quantitative estimate of drug-likeness (QED) is 0.616. The van der Waals surface area contributed by atoms with Crippen LogP contribution in [0.15, 0.2) is 23.2 Å². The fraction of sp³-hybridized carbons (Fsp3) is 0.667. The summed E-state index contributed by atoms with van der Waals surface area (Å²) in [5.41, 5.74) is 0.348. The molecule has 0 radical (unpaired) electrons. The molecular weight excluding hydrogens is 360 g/mol. The average Bonchev–Trinajstić information content (AvgIpc) is 2.74. The molecular formula is C21H33F2N5. The number of hydrogen-bond donors (Lipinski definition) is 1. The van der Waals surface area contributed by atoms with Crippen molar-refractivity contribution in [1.29, 1.82) is 0 Å². The summed E-state index contributed by atoms with van der Waals surface area (Å²) in [6.07, 6.45) is 3.74. The largest absolute Gasteiger partial charge is 0.366 e. The Balaban J connectivity index is 1.43. The second kappa shape index (κ2) is 10.0. The smallest absolute Gasteiger partial charge is 0.193 e. The van der Waals surface area contributed by atoms with E-state index < -0.39 is 5.82 Å². The number of piperazine rings is 1. The van der Waals surface area contributed by atoms with Gasteiger partial charge in [0.1, 0.15) is 11.6 Å². The monoisotopic (exact) mass is 393 g/mol. The fourth-order valence-corrected chi connectivity index (χ4v) is 4.20. The fourth-order valence-electron chi connectivity index (χ4n) is 4.20. The second-order valence-corrected chi connectivity index (χ2v) is 7.71. The van der Waals surface area contributed by atoms with Crippen LogP contribution in [0.25, 0.3) is 0 Å². The van der Waals surface area contributed by atoms with Crippen LogP contribution in [0.5, 0.6) is 0 Å². The lowest BCUT2D eigenvalue weighted by Crippen LogP contribution is -2.53. The van der Waals surface area contributed by atoms with Crippen LogP contribution in [0.4, 0.5) is 14.5 Å². The molecule has 2 fully saturated rings. The first-order valence-corrected chi connectivity index (χ1v) is 10.5. The van der Waals surface area contributed by atoms with Crippen molar-refractivity contribution < 1.29 is 8.78 Å². The molecule has 0 spiro atoms. The summed E-state index contributed by atoms with van der Waals surface area (Å²) in [6.45, 7) is 9.53. The molecule has 2 saturated heterocycles. The highest BCUT2D eigenvalue weighted by Gasteiger charge is 2.22. The van der Waals surface area contributed by atoms with E-state index in [1.165, 1.54) is 44.5 Å². The molecule has 2 heterocycles. The predicted molar refractivity (Wildman–Crippen MR) is 111 cm³/mol. The van der Waals surface area contributed by atoms with Crippen LogP contribution in [-0.2, 0) is 0 Å². The van der Waals surface area contributed by atoms with Gasteiger partial charge in [0.15, 0.2) is 5.96 Å². The predicted octanol–water partition coefficient (Wildman–Crippen LogP) is 2.78. The van der Waals surface area contributed by atoms with E-state index in [2.05, 4.69) is 27.0 Å². The number of guanidine groups is 1. The molecule has 0 amide bonds. The Bertz CT molecular complexity index is 650. The molecule has 5 nitrogen and oxygen atoms in total. The molecule has 28 heavy (non-hydrogen) atoms. The van der Waals surface area contributed by atoms with Gasteiger partial charge in [-0.25, -0.2) is 8.78 Å². The summed E-state index contributed by atoms with van der Waals surface area (Å²) in [5, 5.41) is 3.50. The summed E-state index contributed by atoms with van der Waals surface area (Å²) < 4.78 is 27.5. The molecule has 1 N–H and O–H groups in total. The van der Waals surface area contributed by atoms with Gasteiger partial charge in [-0.3, -0.25) is 4.99 Å². The van der Waals surface area contributed by atoms with E-state index in [0.29, 0.717) is 18.8 Å². The first-order valence-electron chi connectivity index (χ1n) is 10.5. The zero-order valence-electron chi connectivity index (χ0n) is 17.1. The molecule has 1 aromatic carbocycles. The number of aliphatic imine (C=N–C) groups is 1. The average molecular weight is 394 g/mol. The lowest BCUT2D eigenvalue weighted by Gasteiger charge is -2.38. The van der Waals surface area contributed by atoms with Gasteiger partial charge in [-0.15, -0.1) is 0 Å². The molecule has 0 aliphatic carbocycles. The van der Waals surface area contributed by atoms with Gasteiger partial charge in [-0.1, -0.05) is 6.92 Å². The number of anilines is 1. The first-order chi connectivity index (χ1) is 13.6. The minimum Gasteiger partial charge on any atom is -0.366 e. The van der Waals surface area contributed by atoms with Gasteiger partial charge in [0, 0.05) is 45.8 Å². The minimum absolute atomic E-state index is 0.348. The van der Waals surface area contributed by atoms with Crippen LogP contribution in [0.1, 0.15) is 26.2 Å². The van der Waals surface area contributed by atoms with Gasteiger partial charge in [-0.2, -0.15) is 0 Å². The Kier molecular flexibility index (Phi) is 7.48. The topological polar surface area (TPSA) is 34.1 Å². The van der Waals surface area contributed by atoms with Crippen molar-refractivity contribution in [3.05, 3.63) is 29.8 Å². The molecule has 0 aromatic heterocycles. The number of benzene rings is 1. The van der Waals surface area contributed by atoms with Crippen LogP contribution in [-0.4, -0.2) is 75.2 Å². The summed E-state index contributed by atoms with van der Waals surface area (Å²) in [6, 6.07) is 3.64. The van der Waals surface area contributed by atoms with Crippen LogP contribution in [0.2, 0.25) is 0 Å². The third-order valence-electron chi connectivity index (χ3n) is 6.03. The van der Waals surface area contributed by atoms with Gasteiger partial charge in [-0.05, 0) is 56.9 Å². The summed E-state index contributed by atoms with van der Waals surface area (Å²) in [5.74, 6) is 0.930. The molecule has 0 atom stereocenters. The first kappa shape index (κ1) is 20.8. The third-order valence-corrected chi connectivity index (χ3v) is 6.03. The van der Waals surface area contributed by atoms with E-state index in [1.807, 2.05) is 4.90 Å². The molecule has 2 aliphatic heterocycles. The number of halogens is 2. The highest BCUT2D eigenvalue weighted by Crippen LogP contribution is 2.22. The summed E-state index contributed by atoms with van der Waals surface area (Å²) in [7, 11) is 1.81. The SMILES string of the molecule is CCN1CCC(CCNC(=NC)N2CCN(c3cc(F)ccc3F)CC2)CC1. The molecule has 3 rings (SSSR count). The molecule has 0 unspecified atom stereocenters. The number of nitrogens with zero attached hydrogens (tertiary/aromatic N) is 4. The van der Waals surface area contributed by atoms with Crippen LogP contribution in [0, 0.1) is 17.6 Å². The Morgan fingerprint density at radius 3 is 2.46 bits per heavy atom. The maximum Gasteiger partial charge on any atom is 0.193 e. The highest BCUT2D eigenvalue weighted by molar-refractivity contribution is 5.80. The minimum atomic E-state index is -0.402. The van der Waals surface area contributed by atoms with E-state index in [-0.39, 0.29) is 5.82 Å². The number of hydrogen-bond acceptors (Lipinski definition) is 3. The van der Waals surface area contributed by atoms with Crippen molar-refractivity contribution in [3.63, 3.8) is 0 Å². The van der Waals surface area contributed by atoms with E-state index in [1.54, 1.807) is 7.05 Å². The number of piperidine rings is 1. The zero-order chi connectivity index (χ0) is 19.9. The van der Waals surface area contributed by atoms with Crippen molar-refractivity contribution in [2.75, 3.05) is 64.3 Å². The van der Waals surface area contributed by atoms with Gasteiger partial charge < -0.3 is 20.0 Å². The summed E-state index contributed by atoms with van der Waals surface area (Å²) >= 11 is 0. The van der Waals surface area contributed by atoms with E-state index in [4.69, 9.17) is 0 Å². The molecule has 1 aromatic rings. The molecule has 0 saturated carbocycles. The molecule has 0 bridgehead atoms. The standard InChI is InChI=1S/C21H33F2N5/c1-3-26-10-7-17(8-11-26)6-9-25-21(24-2)28-14-12-27(13-15-28)20-16-18(22)4-5-19(20)23/h4-5,16-17H,3,6-15H2,1-2H3,(H,24,25). The zero-order valence-corrected chi connectivity index (χ0v) is 17.1. The Morgan fingerprint density at radius 1 is 1.11 bits per heavy atom. The maximum absolute atomic E-state index is 14.0. The van der Waals surface area contributed by atoms with E-state index >= 15 is 0 Å². The molecule has 7 heteroatoms. The van der Waals surface area contributed by atoms with E-state index in [0.717, 1.165) is 44.1 Å². The Labute approximate surface area is 167 Å². The lowest BCUT2D eigenvalue weighted by molar-refractivity contribution is 0.187. The highest BCUT2D eigenvalue weighted by atomic mass is 19.1. The van der Waals surface area contributed by atoms with Crippen molar-refractivity contribution >= 4 is 11.6 Å². The number of rotatable bonds is 5. The Hall–Kier alpha value is -1.89. The number of nitrogens with one attached hydrogen (secondary N) is 1. The van der Waals surface area contributed by atoms with Crippen molar-refractivity contribution in [3.8, 4) is 0 Å². The summed E-state index contributed by atoms with van der Waals surface area (Å²) in [4.78, 5) is 11.0. The lowest BCUT2D eigenvalue weighted by atomic mass is 9.93. The van der Waals surface area contributed by atoms with E-state index in [9.17, 15) is 8.78 Å². The van der Waals surface area contributed by atoms with Crippen LogP contribution in [0.3, 0.4) is 0 Å². The normalized spacial score (nSPS) is 19.9. The van der Waals surface area contributed by atoms with Gasteiger partial charge >= 0.3 is 0 Å². The van der Waals surface area contributed by atoms with Gasteiger partial charge in [0.25, 0.3) is 0 Å². The molecule has 2 aliphatic rings. The van der Waals surface area contributed by atoms with Crippen molar-refractivity contribution in [2.24, 2.45) is 10.9 Å². The van der Waals surface area contributed by atoms with Crippen LogP contribution < -0.4 is 10.2 Å². The van der Waals surface area contributed by atoms with Gasteiger partial charge in [0.2, 0.25) is 0 Å². The Morgan fingerprint density at radius 2 is 1.82 bits per heavy atom. The van der Waals surface area contributed by atoms with Crippen LogP contribution >= 0.6 is 0 Å². The number of likely N-dealkylation sites (tertiary alicyclic amines) is 1. The second-order valence-electron chi connectivity index (χ2n) is 7.71. The van der Waals surface area contributed by atoms with Crippen molar-refractivity contribution in [1.82, 2.24) is 15.1 Å².